The van der Waals surface area contributed by atoms with E-state index in [1.807, 2.05) is 17.7 Å². The van der Waals surface area contributed by atoms with Gasteiger partial charge in [0.1, 0.15) is 11.4 Å². The summed E-state index contributed by atoms with van der Waals surface area (Å²) in [5, 5.41) is 13.9. The molecule has 5 rings (SSSR count). The van der Waals surface area contributed by atoms with E-state index in [0.717, 1.165) is 5.52 Å². The Labute approximate surface area is 207 Å². The van der Waals surface area contributed by atoms with E-state index < -0.39 is 0 Å². The average Bonchev–Trinajstić information content (AvgIpc) is 3.38. The molecule has 0 radical (unpaired) electrons. The number of fused-ring (bicyclic) bond motifs is 1. The lowest BCUT2D eigenvalue weighted by molar-refractivity contribution is 0.0301. The molecule has 2 aromatic carbocycles. The first-order valence-corrected chi connectivity index (χ1v) is 11.6. The topological polar surface area (TPSA) is 111 Å². The van der Waals surface area contributed by atoms with Gasteiger partial charge in [-0.25, -0.2) is 4.98 Å². The van der Waals surface area contributed by atoms with Gasteiger partial charge in [0.05, 0.1) is 42.5 Å². The molecule has 10 heteroatoms. The number of para-hydroxylation sites is 1. The zero-order chi connectivity index (χ0) is 25.4. The summed E-state index contributed by atoms with van der Waals surface area (Å²) < 4.78 is 14.2. The Balaban J connectivity index is 1.46. The Bertz CT molecular complexity index is 1470. The molecule has 1 aliphatic rings. The Hall–Kier alpha value is -4.31. The predicted molar refractivity (Wildman–Crippen MR) is 134 cm³/mol. The number of carbonyl (C=O) groups excluding carboxylic acids is 2. The first kappa shape index (κ1) is 23.4. The molecular formula is C26H27N5O5. The number of hydrogen-bond donors (Lipinski definition) is 2. The third-order valence-corrected chi connectivity index (χ3v) is 6.39. The predicted octanol–water partition coefficient (Wildman–Crippen LogP) is 3.02. The van der Waals surface area contributed by atoms with Gasteiger partial charge in [0.15, 0.2) is 11.6 Å². The van der Waals surface area contributed by atoms with E-state index in [4.69, 9.17) is 14.5 Å². The lowest BCUT2D eigenvalue weighted by Crippen LogP contribution is -2.40. The first-order chi connectivity index (χ1) is 17.4. The fourth-order valence-electron chi connectivity index (χ4n) is 4.49. The van der Waals surface area contributed by atoms with Crippen LogP contribution >= 0.6 is 0 Å². The number of amides is 2. The summed E-state index contributed by atoms with van der Waals surface area (Å²) in [5.41, 5.74) is 3.10. The molecule has 1 fully saturated rings. The van der Waals surface area contributed by atoms with Crippen LogP contribution in [0.15, 0.2) is 48.7 Å². The molecule has 36 heavy (non-hydrogen) atoms. The lowest BCUT2D eigenvalue weighted by Gasteiger charge is -2.26. The Morgan fingerprint density at radius 2 is 1.83 bits per heavy atom. The number of rotatable bonds is 5. The van der Waals surface area contributed by atoms with Gasteiger partial charge in [-0.3, -0.25) is 9.59 Å². The molecule has 0 unspecified atom stereocenters. The average molecular weight is 490 g/mol. The summed E-state index contributed by atoms with van der Waals surface area (Å²) in [6.07, 6.45) is 1.63. The van der Waals surface area contributed by atoms with Crippen LogP contribution in [-0.2, 0) is 18.8 Å². The van der Waals surface area contributed by atoms with Crippen molar-refractivity contribution in [1.82, 2.24) is 19.0 Å². The highest BCUT2D eigenvalue weighted by atomic mass is 16.5. The van der Waals surface area contributed by atoms with Crippen LogP contribution in [0.4, 0.5) is 5.69 Å². The SMILES string of the molecule is COc1ccccc1C(=O)Nc1ccc2c(c1)nc(-c1c(O)c(C(=O)N3CCOCC3)cn1C)n2C. The van der Waals surface area contributed by atoms with Gasteiger partial charge in [-0.05, 0) is 30.3 Å². The number of nitrogens with zero attached hydrogens (tertiary/aromatic N) is 4. The molecule has 3 heterocycles. The standard InChI is InChI=1S/C26H27N5O5/c1-29-15-18(26(34)31-10-12-36-13-11-31)23(32)22(29)24-28-19-14-16(8-9-20(19)30(24)2)27-25(33)17-6-4-5-7-21(17)35-3/h4-9,14-15,32H,10-13H2,1-3H3,(H,27,33). The molecular weight excluding hydrogens is 462 g/mol. The number of benzene rings is 2. The minimum Gasteiger partial charge on any atom is -0.505 e. The summed E-state index contributed by atoms with van der Waals surface area (Å²) >= 11 is 0. The number of imidazole rings is 1. The third-order valence-electron chi connectivity index (χ3n) is 6.39. The molecule has 0 aliphatic carbocycles. The second-order valence-electron chi connectivity index (χ2n) is 8.61. The molecule has 0 atom stereocenters. The highest BCUT2D eigenvalue weighted by molar-refractivity contribution is 6.07. The van der Waals surface area contributed by atoms with E-state index >= 15 is 0 Å². The van der Waals surface area contributed by atoms with E-state index in [0.29, 0.717) is 60.3 Å². The molecule has 10 nitrogen and oxygen atoms in total. The van der Waals surface area contributed by atoms with Crippen LogP contribution in [0.2, 0.25) is 0 Å². The maximum Gasteiger partial charge on any atom is 0.259 e. The van der Waals surface area contributed by atoms with E-state index in [2.05, 4.69) is 5.32 Å². The third kappa shape index (κ3) is 4.05. The van der Waals surface area contributed by atoms with E-state index in [-0.39, 0.29) is 23.1 Å². The van der Waals surface area contributed by atoms with Crippen LogP contribution in [-0.4, -0.2) is 69.4 Å². The van der Waals surface area contributed by atoms with Crippen molar-refractivity contribution in [3.63, 3.8) is 0 Å². The number of carbonyl (C=O) groups is 2. The quantitative estimate of drug-likeness (QED) is 0.446. The van der Waals surface area contributed by atoms with Crippen molar-refractivity contribution in [3.8, 4) is 23.0 Å². The van der Waals surface area contributed by atoms with Crippen molar-refractivity contribution in [2.75, 3.05) is 38.7 Å². The number of nitrogens with one attached hydrogen (secondary N) is 1. The molecule has 0 bridgehead atoms. The fourth-order valence-corrected chi connectivity index (χ4v) is 4.49. The fraction of sp³-hybridized carbons (Fsp3) is 0.269. The van der Waals surface area contributed by atoms with Crippen molar-refractivity contribution in [3.05, 3.63) is 59.8 Å². The van der Waals surface area contributed by atoms with E-state index in [1.165, 1.54) is 7.11 Å². The highest BCUT2D eigenvalue weighted by Crippen LogP contribution is 2.36. The maximum atomic E-state index is 13.0. The normalized spacial score (nSPS) is 13.7. The molecule has 186 valence electrons. The zero-order valence-electron chi connectivity index (χ0n) is 20.3. The monoisotopic (exact) mass is 489 g/mol. The summed E-state index contributed by atoms with van der Waals surface area (Å²) in [6, 6.07) is 12.4. The van der Waals surface area contributed by atoms with Crippen LogP contribution in [0.3, 0.4) is 0 Å². The van der Waals surface area contributed by atoms with Crippen LogP contribution < -0.4 is 10.1 Å². The van der Waals surface area contributed by atoms with Gasteiger partial charge >= 0.3 is 0 Å². The Morgan fingerprint density at radius 3 is 2.58 bits per heavy atom. The molecule has 2 amide bonds. The Kier molecular flexibility index (Phi) is 6.11. The summed E-state index contributed by atoms with van der Waals surface area (Å²) in [5.74, 6) is 0.334. The molecule has 2 aromatic heterocycles. The van der Waals surface area contributed by atoms with Gasteiger partial charge in [0.2, 0.25) is 0 Å². The molecule has 0 saturated carbocycles. The lowest BCUT2D eigenvalue weighted by atomic mass is 10.2. The number of hydrogen-bond acceptors (Lipinski definition) is 6. The molecule has 4 aromatic rings. The number of aromatic nitrogens is 3. The van der Waals surface area contributed by atoms with Gasteiger partial charge in [0, 0.05) is 39.1 Å². The molecule has 2 N–H and O–H groups in total. The second-order valence-corrected chi connectivity index (χ2v) is 8.61. The van der Waals surface area contributed by atoms with Gasteiger partial charge < -0.3 is 33.9 Å². The number of aryl methyl sites for hydroxylation is 2. The van der Waals surface area contributed by atoms with Crippen LogP contribution in [0.5, 0.6) is 11.5 Å². The van der Waals surface area contributed by atoms with Crippen molar-refractivity contribution >= 4 is 28.5 Å². The largest absolute Gasteiger partial charge is 0.505 e. The first-order valence-electron chi connectivity index (χ1n) is 11.6. The van der Waals surface area contributed by atoms with Gasteiger partial charge in [-0.15, -0.1) is 0 Å². The highest BCUT2D eigenvalue weighted by Gasteiger charge is 2.27. The van der Waals surface area contributed by atoms with Crippen molar-refractivity contribution < 1.29 is 24.2 Å². The second kappa shape index (κ2) is 9.38. The number of anilines is 1. The van der Waals surface area contributed by atoms with Crippen LogP contribution in [0.1, 0.15) is 20.7 Å². The van der Waals surface area contributed by atoms with E-state index in [1.54, 1.807) is 59.1 Å². The molecule has 1 aliphatic heterocycles. The van der Waals surface area contributed by atoms with Crippen molar-refractivity contribution in [2.45, 2.75) is 0 Å². The summed E-state index contributed by atoms with van der Waals surface area (Å²) in [6.45, 7) is 1.93. The van der Waals surface area contributed by atoms with Crippen LogP contribution in [0, 0.1) is 0 Å². The smallest absolute Gasteiger partial charge is 0.259 e. The van der Waals surface area contributed by atoms with Gasteiger partial charge in [-0.2, -0.15) is 0 Å². The minimum absolute atomic E-state index is 0.114. The van der Waals surface area contributed by atoms with Crippen molar-refractivity contribution in [2.24, 2.45) is 14.1 Å². The van der Waals surface area contributed by atoms with Crippen molar-refractivity contribution in [1.29, 1.82) is 0 Å². The Morgan fingerprint density at radius 1 is 1.08 bits per heavy atom. The maximum absolute atomic E-state index is 13.0. The van der Waals surface area contributed by atoms with Gasteiger partial charge in [0.25, 0.3) is 11.8 Å². The van der Waals surface area contributed by atoms with Crippen LogP contribution in [0.25, 0.3) is 22.6 Å². The molecule has 0 spiro atoms. The number of methoxy groups -OCH3 is 1. The molecule has 1 saturated heterocycles. The number of aromatic hydroxyl groups is 1. The summed E-state index contributed by atoms with van der Waals surface area (Å²) in [7, 11) is 5.13. The number of ether oxygens (including phenoxy) is 2. The van der Waals surface area contributed by atoms with Gasteiger partial charge in [-0.1, -0.05) is 12.1 Å². The number of morpholine rings is 1. The zero-order valence-corrected chi connectivity index (χ0v) is 20.3. The minimum atomic E-state index is -0.297. The van der Waals surface area contributed by atoms with E-state index in [9.17, 15) is 14.7 Å². The summed E-state index contributed by atoms with van der Waals surface area (Å²) in [4.78, 5) is 32.2.